The molecule has 7 nitrogen and oxygen atoms in total. The number of aliphatic hydroxyl groups excluding tert-OH is 1. The van der Waals surface area contributed by atoms with Crippen LogP contribution >= 0.6 is 11.6 Å². The van der Waals surface area contributed by atoms with Gasteiger partial charge >= 0.3 is 0 Å². The monoisotopic (exact) mass is 486 g/mol. The molecular formula is C26H35ClN4O3. The highest BCUT2D eigenvalue weighted by atomic mass is 35.5. The van der Waals surface area contributed by atoms with Gasteiger partial charge in [0.2, 0.25) is 0 Å². The Bertz CT molecular complexity index is 1040. The summed E-state index contributed by atoms with van der Waals surface area (Å²) in [5.41, 5.74) is 9.14. The molecule has 0 aliphatic heterocycles. The minimum Gasteiger partial charge on any atom is -0.383 e. The number of nitrogens with one attached hydrogen (secondary N) is 2. The summed E-state index contributed by atoms with van der Waals surface area (Å²) in [6.07, 6.45) is 5.15. The van der Waals surface area contributed by atoms with E-state index in [1.165, 1.54) is 6.20 Å². The Morgan fingerprint density at radius 2 is 1.91 bits per heavy atom. The van der Waals surface area contributed by atoms with Crippen LogP contribution in [0.25, 0.3) is 11.1 Å². The molecule has 1 atom stereocenters. The van der Waals surface area contributed by atoms with E-state index < -0.39 is 12.0 Å². The molecule has 0 spiro atoms. The molecule has 1 heterocycles. The molecule has 184 valence electrons. The van der Waals surface area contributed by atoms with E-state index in [1.54, 1.807) is 30.3 Å². The number of aldehydes is 1. The highest BCUT2D eigenvalue weighted by Crippen LogP contribution is 2.31. The van der Waals surface area contributed by atoms with Crippen LogP contribution in [0.15, 0.2) is 53.8 Å². The Balaban J connectivity index is 0.00000104. The SMILES string of the molecule is CC/C=C(\C=C(C)C)C(O)C(=O)Nc1ccc(-c2cnc(N)c(C=O)c2)c(Cl)c1.CNC(C)C. The first kappa shape index (κ1) is 29.0. The fourth-order valence-electron chi connectivity index (χ4n) is 2.74. The van der Waals surface area contributed by atoms with E-state index in [-0.39, 0.29) is 11.4 Å². The van der Waals surface area contributed by atoms with Crippen molar-refractivity contribution in [1.82, 2.24) is 10.3 Å². The number of halogens is 1. The van der Waals surface area contributed by atoms with Gasteiger partial charge < -0.3 is 21.5 Å². The van der Waals surface area contributed by atoms with Gasteiger partial charge in [-0.25, -0.2) is 4.98 Å². The summed E-state index contributed by atoms with van der Waals surface area (Å²) in [4.78, 5) is 27.5. The van der Waals surface area contributed by atoms with E-state index in [4.69, 9.17) is 17.3 Å². The van der Waals surface area contributed by atoms with Crippen LogP contribution in [0.5, 0.6) is 0 Å². The predicted octanol–water partition coefficient (Wildman–Crippen LogP) is 5.01. The van der Waals surface area contributed by atoms with Gasteiger partial charge in [-0.3, -0.25) is 9.59 Å². The molecule has 5 N–H and O–H groups in total. The van der Waals surface area contributed by atoms with E-state index in [9.17, 15) is 14.7 Å². The Morgan fingerprint density at radius 1 is 1.26 bits per heavy atom. The van der Waals surface area contributed by atoms with E-state index in [0.717, 1.165) is 5.57 Å². The van der Waals surface area contributed by atoms with Crippen molar-refractivity contribution in [3.05, 3.63) is 64.3 Å². The normalized spacial score (nSPS) is 11.9. The van der Waals surface area contributed by atoms with E-state index in [1.807, 2.05) is 33.9 Å². The molecule has 0 aliphatic carbocycles. The van der Waals surface area contributed by atoms with Crippen LogP contribution in [0.2, 0.25) is 5.02 Å². The average Bonchev–Trinajstić information content (AvgIpc) is 2.79. The number of amides is 1. The fourth-order valence-corrected chi connectivity index (χ4v) is 3.03. The van der Waals surface area contributed by atoms with Crippen LogP contribution in [-0.2, 0) is 4.79 Å². The first-order valence-corrected chi connectivity index (χ1v) is 11.4. The Morgan fingerprint density at radius 3 is 2.41 bits per heavy atom. The lowest BCUT2D eigenvalue weighted by molar-refractivity contribution is -0.122. The Kier molecular flexibility index (Phi) is 12.2. The van der Waals surface area contributed by atoms with Crippen molar-refractivity contribution >= 4 is 35.3 Å². The standard InChI is InChI=1S/C22H24ClN3O3.C4H11N/c1-4-5-14(8-13(2)3)20(28)22(29)26-17-6-7-18(19(23)10-17)15-9-16(12-27)21(24)25-11-15;1-4(2)5-3/h5-12,20,28H,4H2,1-3H3,(H2,24,25)(H,26,29);4-5H,1-3H3/b14-5+;. The number of aliphatic hydroxyl groups is 1. The van der Waals surface area contributed by atoms with E-state index >= 15 is 0 Å². The van der Waals surface area contributed by atoms with Crippen molar-refractivity contribution in [2.24, 2.45) is 0 Å². The molecule has 34 heavy (non-hydrogen) atoms. The number of nitrogens with zero attached hydrogens (tertiary/aromatic N) is 1. The lowest BCUT2D eigenvalue weighted by Crippen LogP contribution is -2.29. The molecule has 0 bridgehead atoms. The van der Waals surface area contributed by atoms with Crippen LogP contribution in [0.4, 0.5) is 11.5 Å². The quantitative estimate of drug-likeness (QED) is 0.307. The molecule has 0 aliphatic rings. The number of rotatable bonds is 8. The minimum atomic E-state index is -1.29. The van der Waals surface area contributed by atoms with Gasteiger partial charge in [-0.05, 0) is 51.1 Å². The number of hydrogen-bond acceptors (Lipinski definition) is 6. The van der Waals surface area contributed by atoms with E-state index in [2.05, 4.69) is 29.5 Å². The van der Waals surface area contributed by atoms with Crippen LogP contribution in [-0.4, -0.2) is 41.5 Å². The summed E-state index contributed by atoms with van der Waals surface area (Å²) in [6.45, 7) is 9.95. The highest BCUT2D eigenvalue weighted by Gasteiger charge is 2.19. The molecule has 0 fully saturated rings. The van der Waals surface area contributed by atoms with Crippen LogP contribution < -0.4 is 16.4 Å². The van der Waals surface area contributed by atoms with Crippen LogP contribution in [0.1, 0.15) is 51.4 Å². The van der Waals surface area contributed by atoms with Gasteiger partial charge in [0, 0.05) is 29.1 Å². The van der Waals surface area contributed by atoms with Gasteiger partial charge in [-0.15, -0.1) is 0 Å². The second-order valence-electron chi connectivity index (χ2n) is 8.18. The minimum absolute atomic E-state index is 0.144. The lowest BCUT2D eigenvalue weighted by Gasteiger charge is -2.14. The lowest BCUT2D eigenvalue weighted by atomic mass is 10.0. The van der Waals surface area contributed by atoms with Crippen molar-refractivity contribution in [2.75, 3.05) is 18.1 Å². The largest absolute Gasteiger partial charge is 0.383 e. The van der Waals surface area contributed by atoms with Crippen LogP contribution in [0.3, 0.4) is 0 Å². The van der Waals surface area contributed by atoms with Crippen molar-refractivity contribution in [3.8, 4) is 11.1 Å². The maximum atomic E-state index is 12.5. The zero-order chi connectivity index (χ0) is 25.8. The maximum Gasteiger partial charge on any atom is 0.257 e. The topological polar surface area (TPSA) is 117 Å². The molecule has 0 radical (unpaired) electrons. The summed E-state index contributed by atoms with van der Waals surface area (Å²) in [5.74, 6) is -0.409. The molecule has 0 saturated heterocycles. The number of hydrogen-bond donors (Lipinski definition) is 4. The number of anilines is 2. The molecule has 2 rings (SSSR count). The van der Waals surface area contributed by atoms with Gasteiger partial charge in [-0.2, -0.15) is 0 Å². The number of pyridine rings is 1. The first-order valence-electron chi connectivity index (χ1n) is 11.1. The molecular weight excluding hydrogens is 452 g/mol. The third kappa shape index (κ3) is 9.09. The maximum absolute atomic E-state index is 12.5. The van der Waals surface area contributed by atoms with Gasteiger partial charge in [0.05, 0.1) is 10.6 Å². The van der Waals surface area contributed by atoms with Gasteiger partial charge in [0.1, 0.15) is 5.82 Å². The van der Waals surface area contributed by atoms with Crippen molar-refractivity contribution in [3.63, 3.8) is 0 Å². The molecule has 1 unspecified atom stereocenters. The summed E-state index contributed by atoms with van der Waals surface area (Å²) in [6, 6.07) is 7.16. The summed E-state index contributed by atoms with van der Waals surface area (Å²) in [7, 11) is 1.95. The molecule has 1 aromatic carbocycles. The fraction of sp³-hybridized carbons (Fsp3) is 0.346. The van der Waals surface area contributed by atoms with Gasteiger partial charge in [0.15, 0.2) is 12.4 Å². The number of nitrogens with two attached hydrogens (primary N) is 1. The molecule has 1 amide bonds. The second kappa shape index (κ2) is 14.3. The van der Waals surface area contributed by atoms with Gasteiger partial charge in [0.25, 0.3) is 5.91 Å². The Hall–Kier alpha value is -3.00. The predicted molar refractivity (Wildman–Crippen MR) is 141 cm³/mol. The summed E-state index contributed by atoms with van der Waals surface area (Å²) < 4.78 is 0. The number of allylic oxidation sites excluding steroid dienone is 2. The summed E-state index contributed by atoms with van der Waals surface area (Å²) >= 11 is 6.36. The number of benzene rings is 1. The number of carbonyl (C=O) groups excluding carboxylic acids is 2. The molecule has 2 aromatic rings. The third-order valence-electron chi connectivity index (χ3n) is 4.66. The number of aromatic nitrogens is 1. The average molecular weight is 487 g/mol. The second-order valence-corrected chi connectivity index (χ2v) is 8.59. The Labute approximate surface area is 207 Å². The van der Waals surface area contributed by atoms with Crippen molar-refractivity contribution in [2.45, 2.75) is 53.2 Å². The highest BCUT2D eigenvalue weighted by molar-refractivity contribution is 6.33. The zero-order valence-electron chi connectivity index (χ0n) is 20.6. The van der Waals surface area contributed by atoms with Gasteiger partial charge in [-0.1, -0.05) is 56.2 Å². The number of nitrogen functional groups attached to an aromatic ring is 1. The van der Waals surface area contributed by atoms with E-state index in [0.29, 0.717) is 46.2 Å². The summed E-state index contributed by atoms with van der Waals surface area (Å²) in [5, 5.41) is 16.4. The smallest absolute Gasteiger partial charge is 0.257 e. The molecule has 8 heteroatoms. The zero-order valence-corrected chi connectivity index (χ0v) is 21.4. The number of carbonyl (C=O) groups is 2. The van der Waals surface area contributed by atoms with Crippen molar-refractivity contribution in [1.29, 1.82) is 0 Å². The first-order chi connectivity index (χ1) is 16.0. The van der Waals surface area contributed by atoms with Crippen molar-refractivity contribution < 1.29 is 14.7 Å². The molecule has 1 aromatic heterocycles. The third-order valence-corrected chi connectivity index (χ3v) is 4.97. The molecule has 0 saturated carbocycles. The van der Waals surface area contributed by atoms with Crippen LogP contribution in [0, 0.1) is 0 Å².